The van der Waals surface area contributed by atoms with Crippen molar-refractivity contribution in [2.24, 2.45) is 0 Å². The molecule has 3 heterocycles. The van der Waals surface area contributed by atoms with E-state index in [0.29, 0.717) is 28.4 Å². The molecule has 138 valence electrons. The van der Waals surface area contributed by atoms with Crippen molar-refractivity contribution < 1.29 is 9.53 Å². The summed E-state index contributed by atoms with van der Waals surface area (Å²) >= 11 is 1.36. The third-order valence-corrected chi connectivity index (χ3v) is 5.98. The van der Waals surface area contributed by atoms with Gasteiger partial charge in [-0.05, 0) is 37.8 Å². The highest BCUT2D eigenvalue weighted by atomic mass is 32.2. The van der Waals surface area contributed by atoms with Crippen LogP contribution in [-0.4, -0.2) is 51.9 Å². The number of aromatic nitrogens is 2. The van der Waals surface area contributed by atoms with Crippen molar-refractivity contribution in [2.45, 2.75) is 43.5 Å². The van der Waals surface area contributed by atoms with Crippen LogP contribution in [0.15, 0.2) is 34.2 Å². The lowest BCUT2D eigenvalue weighted by Gasteiger charge is -2.18. The third kappa shape index (κ3) is 3.64. The largest absolute Gasteiger partial charge is 0.376 e. The molecule has 1 amide bonds. The summed E-state index contributed by atoms with van der Waals surface area (Å²) in [5.74, 6) is 0.439. The van der Waals surface area contributed by atoms with Gasteiger partial charge in [0, 0.05) is 19.7 Å². The highest BCUT2D eigenvalue weighted by Gasteiger charge is 2.22. The zero-order valence-corrected chi connectivity index (χ0v) is 15.5. The van der Waals surface area contributed by atoms with E-state index in [9.17, 15) is 9.59 Å². The van der Waals surface area contributed by atoms with Crippen LogP contribution < -0.4 is 5.56 Å². The maximum atomic E-state index is 13.0. The standard InChI is InChI=1S/C19H23N3O3S/c23-17(21-9-3-4-10-21)13-26-19-20-16-8-2-1-7-15(16)18(24)22(19)12-14-6-5-11-25-14/h1-2,7-8,14H,3-6,9-13H2/t14-/m1/s1. The van der Waals surface area contributed by atoms with Gasteiger partial charge < -0.3 is 9.64 Å². The first-order valence-electron chi connectivity index (χ1n) is 9.24. The summed E-state index contributed by atoms with van der Waals surface area (Å²) in [5, 5.41) is 1.22. The first-order chi connectivity index (χ1) is 12.7. The lowest BCUT2D eigenvalue weighted by atomic mass is 10.2. The molecular weight excluding hydrogens is 350 g/mol. The molecule has 0 unspecified atom stereocenters. The highest BCUT2D eigenvalue weighted by molar-refractivity contribution is 7.99. The molecule has 26 heavy (non-hydrogen) atoms. The van der Waals surface area contributed by atoms with Crippen molar-refractivity contribution in [3.8, 4) is 0 Å². The number of rotatable bonds is 5. The maximum Gasteiger partial charge on any atom is 0.262 e. The molecule has 6 nitrogen and oxygen atoms in total. The lowest BCUT2D eigenvalue weighted by Crippen LogP contribution is -2.31. The molecule has 0 saturated carbocycles. The van der Waals surface area contributed by atoms with E-state index in [1.54, 1.807) is 10.6 Å². The molecule has 4 rings (SSSR count). The van der Waals surface area contributed by atoms with Crippen LogP contribution in [0.5, 0.6) is 0 Å². The van der Waals surface area contributed by atoms with Crippen molar-refractivity contribution in [2.75, 3.05) is 25.4 Å². The van der Waals surface area contributed by atoms with E-state index in [1.165, 1.54) is 11.8 Å². The van der Waals surface area contributed by atoms with Gasteiger partial charge in [-0.15, -0.1) is 0 Å². The van der Waals surface area contributed by atoms with Crippen LogP contribution in [0.4, 0.5) is 0 Å². The molecule has 7 heteroatoms. The van der Waals surface area contributed by atoms with Crippen LogP contribution in [0.25, 0.3) is 10.9 Å². The minimum atomic E-state index is -0.0535. The van der Waals surface area contributed by atoms with Gasteiger partial charge >= 0.3 is 0 Å². The molecule has 1 atom stereocenters. The average molecular weight is 373 g/mol. The summed E-state index contributed by atoms with van der Waals surface area (Å²) in [4.78, 5) is 32.0. The Morgan fingerprint density at radius 1 is 1.23 bits per heavy atom. The Labute approximate surface area is 156 Å². The van der Waals surface area contributed by atoms with Crippen LogP contribution in [-0.2, 0) is 16.1 Å². The molecule has 2 aromatic rings. The topological polar surface area (TPSA) is 64.4 Å². The molecule has 0 N–H and O–H groups in total. The molecule has 0 spiro atoms. The number of ether oxygens (including phenoxy) is 1. The summed E-state index contributed by atoms with van der Waals surface area (Å²) in [7, 11) is 0. The summed E-state index contributed by atoms with van der Waals surface area (Å²) < 4.78 is 7.41. The summed E-state index contributed by atoms with van der Waals surface area (Å²) in [6.07, 6.45) is 4.18. The molecule has 2 saturated heterocycles. The van der Waals surface area contributed by atoms with Crippen LogP contribution >= 0.6 is 11.8 Å². The van der Waals surface area contributed by atoms with E-state index < -0.39 is 0 Å². The van der Waals surface area contributed by atoms with E-state index in [-0.39, 0.29) is 17.6 Å². The van der Waals surface area contributed by atoms with E-state index in [4.69, 9.17) is 4.74 Å². The van der Waals surface area contributed by atoms with Gasteiger partial charge in [-0.1, -0.05) is 23.9 Å². The first-order valence-corrected chi connectivity index (χ1v) is 10.2. The van der Waals surface area contributed by atoms with Gasteiger partial charge in [-0.3, -0.25) is 14.2 Å². The van der Waals surface area contributed by atoms with Crippen molar-refractivity contribution in [1.82, 2.24) is 14.5 Å². The Morgan fingerprint density at radius 3 is 2.81 bits per heavy atom. The molecule has 2 fully saturated rings. The van der Waals surface area contributed by atoms with Gasteiger partial charge in [-0.2, -0.15) is 0 Å². The van der Waals surface area contributed by atoms with E-state index in [0.717, 1.165) is 45.4 Å². The van der Waals surface area contributed by atoms with E-state index in [2.05, 4.69) is 4.98 Å². The number of likely N-dealkylation sites (tertiary alicyclic amines) is 1. The second kappa shape index (κ2) is 7.80. The van der Waals surface area contributed by atoms with Gasteiger partial charge in [0.1, 0.15) is 0 Å². The Bertz CT molecular complexity index is 855. The Balaban J connectivity index is 1.62. The fourth-order valence-corrected chi connectivity index (χ4v) is 4.51. The van der Waals surface area contributed by atoms with E-state index in [1.807, 2.05) is 23.1 Å². The molecule has 2 aliphatic rings. The minimum Gasteiger partial charge on any atom is -0.376 e. The van der Waals surface area contributed by atoms with Crippen molar-refractivity contribution in [3.05, 3.63) is 34.6 Å². The quantitative estimate of drug-likeness (QED) is 0.594. The first kappa shape index (κ1) is 17.5. The monoisotopic (exact) mass is 373 g/mol. The van der Waals surface area contributed by atoms with Crippen molar-refractivity contribution in [3.63, 3.8) is 0 Å². The number of para-hydroxylation sites is 1. The number of hydrogen-bond acceptors (Lipinski definition) is 5. The fourth-order valence-electron chi connectivity index (χ4n) is 3.59. The number of thioether (sulfide) groups is 1. The molecular formula is C19H23N3O3S. The minimum absolute atomic E-state index is 0.0456. The lowest BCUT2D eigenvalue weighted by molar-refractivity contribution is -0.127. The van der Waals surface area contributed by atoms with E-state index >= 15 is 0 Å². The second-order valence-corrected chi connectivity index (χ2v) is 7.78. The molecule has 0 aliphatic carbocycles. The molecule has 0 radical (unpaired) electrons. The average Bonchev–Trinajstić information content (AvgIpc) is 3.36. The normalized spacial score (nSPS) is 20.2. The zero-order valence-electron chi connectivity index (χ0n) is 14.7. The summed E-state index contributed by atoms with van der Waals surface area (Å²) in [6, 6.07) is 7.38. The Morgan fingerprint density at radius 2 is 2.04 bits per heavy atom. The fraction of sp³-hybridized carbons (Fsp3) is 0.526. The van der Waals surface area contributed by atoms with Crippen LogP contribution in [0, 0.1) is 0 Å². The predicted molar refractivity (Wildman–Crippen MR) is 102 cm³/mol. The number of nitrogens with zero attached hydrogens (tertiary/aromatic N) is 3. The van der Waals surface area contributed by atoms with Gasteiger partial charge in [0.25, 0.3) is 5.56 Å². The number of fused-ring (bicyclic) bond motifs is 1. The van der Waals surface area contributed by atoms with Gasteiger partial charge in [0.05, 0.1) is 29.3 Å². The van der Waals surface area contributed by atoms with Gasteiger partial charge in [0.2, 0.25) is 5.91 Å². The van der Waals surface area contributed by atoms with Gasteiger partial charge in [-0.25, -0.2) is 4.98 Å². The number of amides is 1. The Hall–Kier alpha value is -1.86. The third-order valence-electron chi connectivity index (χ3n) is 5.02. The van der Waals surface area contributed by atoms with Crippen molar-refractivity contribution in [1.29, 1.82) is 0 Å². The smallest absolute Gasteiger partial charge is 0.262 e. The summed E-state index contributed by atoms with van der Waals surface area (Å²) in [5.41, 5.74) is 0.624. The van der Waals surface area contributed by atoms with Crippen molar-refractivity contribution >= 4 is 28.6 Å². The Kier molecular flexibility index (Phi) is 5.26. The second-order valence-electron chi connectivity index (χ2n) is 6.84. The molecule has 0 bridgehead atoms. The van der Waals surface area contributed by atoms with Gasteiger partial charge in [0.15, 0.2) is 5.16 Å². The summed E-state index contributed by atoms with van der Waals surface area (Å²) in [6.45, 7) is 2.92. The highest BCUT2D eigenvalue weighted by Crippen LogP contribution is 2.22. The SMILES string of the molecule is O=C(CSc1nc2ccccc2c(=O)n1C[C@H]1CCCO1)N1CCCC1. The number of benzene rings is 1. The number of hydrogen-bond donors (Lipinski definition) is 0. The molecule has 1 aromatic carbocycles. The number of carbonyl (C=O) groups is 1. The maximum absolute atomic E-state index is 13.0. The number of carbonyl (C=O) groups excluding carboxylic acids is 1. The zero-order chi connectivity index (χ0) is 17.9. The van der Waals surface area contributed by atoms with Crippen LogP contribution in [0.3, 0.4) is 0 Å². The van der Waals surface area contributed by atoms with Crippen LogP contribution in [0.2, 0.25) is 0 Å². The van der Waals surface area contributed by atoms with Crippen LogP contribution in [0.1, 0.15) is 25.7 Å². The predicted octanol–water partition coefficient (Wildman–Crippen LogP) is 2.29. The molecule has 1 aromatic heterocycles. The molecule has 2 aliphatic heterocycles.